The van der Waals surface area contributed by atoms with Crippen molar-refractivity contribution in [3.63, 3.8) is 0 Å². The number of fused-ring (bicyclic) bond motifs is 1. The van der Waals surface area contributed by atoms with Gasteiger partial charge in [-0.1, -0.05) is 6.07 Å². The summed E-state index contributed by atoms with van der Waals surface area (Å²) >= 11 is 0. The number of pyridine rings is 1. The molecule has 0 aliphatic carbocycles. The van der Waals surface area contributed by atoms with Gasteiger partial charge in [0.1, 0.15) is 24.2 Å². The molecule has 0 amide bonds. The molecule has 2 heterocycles. The fraction of sp³-hybridized carbons (Fsp3) is 0.308. The van der Waals surface area contributed by atoms with E-state index in [-0.39, 0.29) is 11.6 Å². The van der Waals surface area contributed by atoms with Gasteiger partial charge in [0, 0.05) is 11.5 Å². The van der Waals surface area contributed by atoms with Gasteiger partial charge in [-0.15, -0.1) is 0 Å². The monoisotopic (exact) mass is 269 g/mol. The molecule has 6 heteroatoms. The molecule has 0 radical (unpaired) electrons. The Bertz CT molecular complexity index is 608. The molecule has 100 valence electrons. The van der Waals surface area contributed by atoms with Crippen LogP contribution in [0.5, 0.6) is 5.75 Å². The number of hydrogen-bond acceptors (Lipinski definition) is 3. The predicted molar refractivity (Wildman–Crippen MR) is 62.0 cm³/mol. The largest absolute Gasteiger partial charge is 0.491 e. The van der Waals surface area contributed by atoms with Crippen LogP contribution in [0.4, 0.5) is 13.2 Å². The third-order valence-corrected chi connectivity index (χ3v) is 2.79. The molecule has 2 aromatic rings. The molecule has 1 aromatic heterocycles. The Morgan fingerprint density at radius 1 is 1.26 bits per heavy atom. The smallest absolute Gasteiger partial charge is 0.433 e. The second kappa shape index (κ2) is 4.38. The SMILES string of the molecule is FC(F)(F)c1ccc2ccc(OCC3CO3)cc2n1. The summed E-state index contributed by atoms with van der Waals surface area (Å²) < 4.78 is 48.1. The third kappa shape index (κ3) is 2.78. The van der Waals surface area contributed by atoms with E-state index in [0.717, 1.165) is 6.07 Å². The van der Waals surface area contributed by atoms with E-state index in [2.05, 4.69) is 4.98 Å². The molecule has 1 fully saturated rings. The van der Waals surface area contributed by atoms with Crippen molar-refractivity contribution in [2.24, 2.45) is 0 Å². The van der Waals surface area contributed by atoms with Crippen molar-refractivity contribution in [3.05, 3.63) is 36.0 Å². The Labute approximate surface area is 107 Å². The lowest BCUT2D eigenvalue weighted by Gasteiger charge is -2.08. The van der Waals surface area contributed by atoms with Gasteiger partial charge in [-0.25, -0.2) is 4.98 Å². The van der Waals surface area contributed by atoms with Crippen LogP contribution in [0.3, 0.4) is 0 Å². The van der Waals surface area contributed by atoms with E-state index in [1.807, 2.05) is 0 Å². The lowest BCUT2D eigenvalue weighted by atomic mass is 10.2. The number of alkyl halides is 3. The first kappa shape index (κ1) is 12.2. The first-order valence-electron chi connectivity index (χ1n) is 5.75. The molecule has 0 bridgehead atoms. The minimum absolute atomic E-state index is 0.102. The highest BCUT2D eigenvalue weighted by Crippen LogP contribution is 2.30. The van der Waals surface area contributed by atoms with E-state index in [1.165, 1.54) is 12.1 Å². The number of halogens is 3. The highest BCUT2D eigenvalue weighted by atomic mass is 19.4. The van der Waals surface area contributed by atoms with E-state index in [9.17, 15) is 13.2 Å². The summed E-state index contributed by atoms with van der Waals surface area (Å²) in [6.45, 7) is 1.08. The van der Waals surface area contributed by atoms with E-state index in [1.54, 1.807) is 12.1 Å². The number of ether oxygens (including phenoxy) is 2. The normalized spacial score (nSPS) is 18.6. The molecule has 1 aliphatic rings. The molecular formula is C13H10F3NO2. The van der Waals surface area contributed by atoms with Crippen molar-refractivity contribution in [2.45, 2.75) is 12.3 Å². The fourth-order valence-electron chi connectivity index (χ4n) is 1.70. The topological polar surface area (TPSA) is 34.6 Å². The zero-order valence-electron chi connectivity index (χ0n) is 9.78. The lowest BCUT2D eigenvalue weighted by Crippen LogP contribution is -2.07. The molecule has 1 saturated heterocycles. The van der Waals surface area contributed by atoms with Crippen molar-refractivity contribution < 1.29 is 22.6 Å². The van der Waals surface area contributed by atoms with Crippen LogP contribution in [0.25, 0.3) is 10.9 Å². The summed E-state index contributed by atoms with van der Waals surface area (Å²) in [7, 11) is 0. The molecule has 1 aliphatic heterocycles. The Morgan fingerprint density at radius 2 is 2.00 bits per heavy atom. The molecule has 0 spiro atoms. The quantitative estimate of drug-likeness (QED) is 0.803. The molecule has 3 rings (SSSR count). The first-order valence-corrected chi connectivity index (χ1v) is 5.75. The van der Waals surface area contributed by atoms with Crippen LogP contribution in [-0.4, -0.2) is 24.3 Å². The summed E-state index contributed by atoms with van der Waals surface area (Å²) in [5, 5.41) is 0.642. The van der Waals surface area contributed by atoms with Crippen LogP contribution in [0.1, 0.15) is 5.69 Å². The van der Waals surface area contributed by atoms with Crippen molar-refractivity contribution in [2.75, 3.05) is 13.2 Å². The zero-order valence-corrected chi connectivity index (χ0v) is 9.78. The second-order valence-electron chi connectivity index (χ2n) is 4.32. The summed E-state index contributed by atoms with van der Waals surface area (Å²) in [5.41, 5.74) is -0.633. The average Bonchev–Trinajstić information content (AvgIpc) is 3.18. The Kier molecular flexibility index (Phi) is 2.82. The van der Waals surface area contributed by atoms with Crippen LogP contribution in [-0.2, 0) is 10.9 Å². The lowest BCUT2D eigenvalue weighted by molar-refractivity contribution is -0.140. The third-order valence-electron chi connectivity index (χ3n) is 2.79. The van der Waals surface area contributed by atoms with Crippen LogP contribution in [0.15, 0.2) is 30.3 Å². The number of rotatable bonds is 3. The highest BCUT2D eigenvalue weighted by Gasteiger charge is 2.32. The number of aromatic nitrogens is 1. The number of benzene rings is 1. The molecule has 1 atom stereocenters. The summed E-state index contributed by atoms with van der Waals surface area (Å²) in [4.78, 5) is 3.61. The molecule has 0 N–H and O–H groups in total. The first-order chi connectivity index (χ1) is 9.02. The van der Waals surface area contributed by atoms with Gasteiger partial charge in [0.15, 0.2) is 0 Å². The maximum atomic E-state index is 12.6. The van der Waals surface area contributed by atoms with E-state index in [4.69, 9.17) is 9.47 Å². The molecular weight excluding hydrogens is 259 g/mol. The van der Waals surface area contributed by atoms with Crippen LogP contribution in [0, 0.1) is 0 Å². The van der Waals surface area contributed by atoms with Gasteiger partial charge in [-0.05, 0) is 18.2 Å². The van der Waals surface area contributed by atoms with Gasteiger partial charge in [-0.2, -0.15) is 13.2 Å². The van der Waals surface area contributed by atoms with Gasteiger partial charge in [-0.3, -0.25) is 0 Å². The van der Waals surface area contributed by atoms with E-state index in [0.29, 0.717) is 24.3 Å². The Morgan fingerprint density at radius 3 is 2.68 bits per heavy atom. The van der Waals surface area contributed by atoms with Crippen molar-refractivity contribution >= 4 is 10.9 Å². The predicted octanol–water partition coefficient (Wildman–Crippen LogP) is 3.03. The minimum atomic E-state index is -4.44. The molecule has 1 unspecified atom stereocenters. The molecule has 3 nitrogen and oxygen atoms in total. The maximum absolute atomic E-state index is 12.6. The van der Waals surface area contributed by atoms with E-state index < -0.39 is 11.9 Å². The van der Waals surface area contributed by atoms with E-state index >= 15 is 0 Å². The van der Waals surface area contributed by atoms with Gasteiger partial charge < -0.3 is 9.47 Å². The van der Waals surface area contributed by atoms with Gasteiger partial charge in [0.05, 0.1) is 12.1 Å². The zero-order chi connectivity index (χ0) is 13.5. The Balaban J connectivity index is 1.90. The van der Waals surface area contributed by atoms with Crippen LogP contribution >= 0.6 is 0 Å². The fourth-order valence-corrected chi connectivity index (χ4v) is 1.70. The van der Waals surface area contributed by atoms with Crippen molar-refractivity contribution in [1.29, 1.82) is 0 Å². The van der Waals surface area contributed by atoms with Crippen LogP contribution in [0.2, 0.25) is 0 Å². The van der Waals surface area contributed by atoms with Gasteiger partial charge in [0.2, 0.25) is 0 Å². The van der Waals surface area contributed by atoms with Gasteiger partial charge >= 0.3 is 6.18 Å². The molecule has 1 aromatic carbocycles. The molecule has 19 heavy (non-hydrogen) atoms. The number of nitrogens with zero attached hydrogens (tertiary/aromatic N) is 1. The van der Waals surface area contributed by atoms with Crippen molar-refractivity contribution in [1.82, 2.24) is 4.98 Å². The minimum Gasteiger partial charge on any atom is -0.491 e. The van der Waals surface area contributed by atoms with Crippen molar-refractivity contribution in [3.8, 4) is 5.75 Å². The maximum Gasteiger partial charge on any atom is 0.433 e. The van der Waals surface area contributed by atoms with Crippen LogP contribution < -0.4 is 4.74 Å². The Hall–Kier alpha value is -1.82. The molecule has 0 saturated carbocycles. The summed E-state index contributed by atoms with van der Waals surface area (Å²) in [6.07, 6.45) is -4.34. The van der Waals surface area contributed by atoms with Gasteiger partial charge in [0.25, 0.3) is 0 Å². The highest BCUT2D eigenvalue weighted by molar-refractivity contribution is 5.80. The standard InChI is InChI=1S/C13H10F3NO2/c14-13(15,16)12-4-2-8-1-3-9(5-11(8)17-12)18-6-10-7-19-10/h1-5,10H,6-7H2. The summed E-state index contributed by atoms with van der Waals surface area (Å²) in [6, 6.07) is 7.28. The number of hydrogen-bond donors (Lipinski definition) is 0. The second-order valence-corrected chi connectivity index (χ2v) is 4.32. The summed E-state index contributed by atoms with van der Waals surface area (Å²) in [5.74, 6) is 0.495. The average molecular weight is 269 g/mol. The number of epoxide rings is 1.